The lowest BCUT2D eigenvalue weighted by atomic mass is 10.1. The molecule has 12 heavy (non-hydrogen) atoms. The van der Waals surface area contributed by atoms with E-state index in [0.717, 1.165) is 16.8 Å². The van der Waals surface area contributed by atoms with Crippen LogP contribution in [0.2, 0.25) is 0 Å². The van der Waals surface area contributed by atoms with Crippen molar-refractivity contribution in [1.82, 2.24) is 10.2 Å². The van der Waals surface area contributed by atoms with Gasteiger partial charge in [-0.05, 0) is 12.8 Å². The molecule has 0 saturated heterocycles. The van der Waals surface area contributed by atoms with Gasteiger partial charge in [0, 0.05) is 11.8 Å². The van der Waals surface area contributed by atoms with E-state index >= 15 is 0 Å². The molecule has 0 aliphatic heterocycles. The van der Waals surface area contributed by atoms with Gasteiger partial charge in [-0.2, -0.15) is 0 Å². The van der Waals surface area contributed by atoms with E-state index in [1.54, 1.807) is 11.3 Å². The van der Waals surface area contributed by atoms with Crippen molar-refractivity contribution in [3.05, 3.63) is 10.0 Å². The second-order valence-corrected chi connectivity index (χ2v) is 4.76. The first kappa shape index (κ1) is 10.1. The van der Waals surface area contributed by atoms with E-state index in [9.17, 15) is 0 Å². The van der Waals surface area contributed by atoms with E-state index in [4.69, 9.17) is 0 Å². The molecule has 0 aliphatic rings. The molecule has 0 bridgehead atoms. The maximum absolute atomic E-state index is 4.10. The number of aryl methyl sites for hydroxylation is 1. The van der Waals surface area contributed by atoms with E-state index in [-0.39, 0.29) is 0 Å². The zero-order valence-corrected chi connectivity index (χ0v) is 9.78. The summed E-state index contributed by atoms with van der Waals surface area (Å²) in [5.74, 6) is 0.706. The topological polar surface area (TPSA) is 25.8 Å². The third kappa shape index (κ3) is 2.83. The largest absolute Gasteiger partial charge is 0.144 e. The second-order valence-electron chi connectivity index (χ2n) is 2.85. The van der Waals surface area contributed by atoms with Gasteiger partial charge in [-0.25, -0.2) is 0 Å². The highest BCUT2D eigenvalue weighted by atomic mass is 79.9. The van der Waals surface area contributed by atoms with Crippen LogP contribution in [-0.4, -0.2) is 15.5 Å². The van der Waals surface area contributed by atoms with Crippen LogP contribution in [0.4, 0.5) is 0 Å². The second kappa shape index (κ2) is 4.92. The zero-order chi connectivity index (χ0) is 8.97. The molecular formula is C8H13BrN2S. The Morgan fingerprint density at radius 2 is 2.25 bits per heavy atom. The van der Waals surface area contributed by atoms with E-state index in [1.165, 1.54) is 11.4 Å². The van der Waals surface area contributed by atoms with Crippen molar-refractivity contribution < 1.29 is 0 Å². The van der Waals surface area contributed by atoms with Crippen molar-refractivity contribution >= 4 is 27.3 Å². The summed E-state index contributed by atoms with van der Waals surface area (Å²) in [6.07, 6.45) is 2.26. The summed E-state index contributed by atoms with van der Waals surface area (Å²) in [6.45, 7) is 4.20. The highest BCUT2D eigenvalue weighted by molar-refractivity contribution is 9.09. The lowest BCUT2D eigenvalue weighted by molar-refractivity contribution is 0.569. The van der Waals surface area contributed by atoms with Gasteiger partial charge in [0.05, 0.1) is 0 Å². The highest BCUT2D eigenvalue weighted by Gasteiger charge is 2.08. The lowest BCUT2D eigenvalue weighted by Gasteiger charge is -2.06. The summed E-state index contributed by atoms with van der Waals surface area (Å²) in [4.78, 5) is 0. The van der Waals surface area contributed by atoms with Crippen molar-refractivity contribution in [3.63, 3.8) is 0 Å². The van der Waals surface area contributed by atoms with Gasteiger partial charge >= 0.3 is 0 Å². The molecule has 0 aliphatic carbocycles. The fourth-order valence-corrected chi connectivity index (χ4v) is 2.49. The van der Waals surface area contributed by atoms with Crippen LogP contribution < -0.4 is 0 Å². The molecule has 1 aromatic heterocycles. The van der Waals surface area contributed by atoms with Crippen LogP contribution >= 0.6 is 27.3 Å². The molecule has 1 aromatic rings. The van der Waals surface area contributed by atoms with Crippen LogP contribution in [0.25, 0.3) is 0 Å². The Labute approximate surface area is 85.5 Å². The van der Waals surface area contributed by atoms with Crippen LogP contribution in [0.1, 0.15) is 23.4 Å². The van der Waals surface area contributed by atoms with Gasteiger partial charge in [-0.3, -0.25) is 0 Å². The van der Waals surface area contributed by atoms with Gasteiger partial charge in [0.1, 0.15) is 10.0 Å². The Kier molecular flexibility index (Phi) is 4.15. The van der Waals surface area contributed by atoms with Gasteiger partial charge in [0.15, 0.2) is 0 Å². The summed E-state index contributed by atoms with van der Waals surface area (Å²) in [7, 11) is 0. The SMILES string of the molecule is CCC(CBr)Cc1nnc(C)s1. The molecule has 0 fully saturated rings. The molecule has 0 N–H and O–H groups in total. The average Bonchev–Trinajstić information content (AvgIpc) is 2.47. The van der Waals surface area contributed by atoms with Crippen LogP contribution in [0.15, 0.2) is 0 Å². The Balaban J connectivity index is 2.50. The minimum absolute atomic E-state index is 0.706. The van der Waals surface area contributed by atoms with Gasteiger partial charge < -0.3 is 0 Å². The third-order valence-corrected chi connectivity index (χ3v) is 3.60. The molecule has 0 aromatic carbocycles. The maximum atomic E-state index is 4.10. The van der Waals surface area contributed by atoms with Crippen molar-refractivity contribution in [3.8, 4) is 0 Å². The first-order valence-corrected chi connectivity index (χ1v) is 6.05. The standard InChI is InChI=1S/C8H13BrN2S/c1-3-7(5-9)4-8-11-10-6(2)12-8/h7H,3-5H2,1-2H3. The predicted molar refractivity (Wildman–Crippen MR) is 55.9 cm³/mol. The van der Waals surface area contributed by atoms with E-state index in [1.807, 2.05) is 6.92 Å². The van der Waals surface area contributed by atoms with Crippen molar-refractivity contribution in [1.29, 1.82) is 0 Å². The Hall–Kier alpha value is 0.0400. The van der Waals surface area contributed by atoms with Crippen molar-refractivity contribution in [2.45, 2.75) is 26.7 Å². The summed E-state index contributed by atoms with van der Waals surface area (Å²) >= 11 is 5.20. The average molecular weight is 249 g/mol. The van der Waals surface area contributed by atoms with Gasteiger partial charge in [0.25, 0.3) is 0 Å². The zero-order valence-electron chi connectivity index (χ0n) is 7.38. The molecule has 68 valence electrons. The number of hydrogen-bond acceptors (Lipinski definition) is 3. The molecule has 0 amide bonds. The molecular weight excluding hydrogens is 236 g/mol. The molecule has 1 atom stereocenters. The third-order valence-electron chi connectivity index (χ3n) is 1.83. The summed E-state index contributed by atoms with van der Waals surface area (Å²) in [5.41, 5.74) is 0. The summed E-state index contributed by atoms with van der Waals surface area (Å²) in [6, 6.07) is 0. The Bertz CT molecular complexity index is 233. The molecule has 1 rings (SSSR count). The van der Waals surface area contributed by atoms with E-state index in [0.29, 0.717) is 5.92 Å². The minimum Gasteiger partial charge on any atom is -0.144 e. The molecule has 2 nitrogen and oxygen atoms in total. The smallest absolute Gasteiger partial charge is 0.117 e. The molecule has 1 heterocycles. The van der Waals surface area contributed by atoms with Gasteiger partial charge in [-0.15, -0.1) is 21.5 Å². The molecule has 0 radical (unpaired) electrons. The van der Waals surface area contributed by atoms with Crippen molar-refractivity contribution in [2.75, 3.05) is 5.33 Å². The van der Waals surface area contributed by atoms with E-state index < -0.39 is 0 Å². The normalized spacial score (nSPS) is 13.2. The highest BCUT2D eigenvalue weighted by Crippen LogP contribution is 2.17. The fraction of sp³-hybridized carbons (Fsp3) is 0.750. The summed E-state index contributed by atoms with van der Waals surface area (Å²) in [5, 5.41) is 11.4. The molecule has 0 spiro atoms. The van der Waals surface area contributed by atoms with Crippen molar-refractivity contribution in [2.24, 2.45) is 5.92 Å². The number of halogens is 1. The molecule has 4 heteroatoms. The monoisotopic (exact) mass is 248 g/mol. The molecule has 0 saturated carbocycles. The quantitative estimate of drug-likeness (QED) is 0.767. The number of aromatic nitrogens is 2. The van der Waals surface area contributed by atoms with Crippen LogP contribution in [0.3, 0.4) is 0 Å². The lowest BCUT2D eigenvalue weighted by Crippen LogP contribution is -2.03. The minimum atomic E-state index is 0.706. The number of rotatable bonds is 4. The first-order valence-electron chi connectivity index (χ1n) is 4.11. The Morgan fingerprint density at radius 1 is 1.50 bits per heavy atom. The number of hydrogen-bond donors (Lipinski definition) is 0. The maximum Gasteiger partial charge on any atom is 0.117 e. The fourth-order valence-electron chi connectivity index (χ4n) is 0.975. The Morgan fingerprint density at radius 3 is 2.67 bits per heavy atom. The van der Waals surface area contributed by atoms with Crippen LogP contribution in [0.5, 0.6) is 0 Å². The number of alkyl halides is 1. The number of nitrogens with zero attached hydrogens (tertiary/aromatic N) is 2. The predicted octanol–water partition coefficient (Wildman–Crippen LogP) is 2.81. The molecule has 1 unspecified atom stereocenters. The summed E-state index contributed by atoms with van der Waals surface area (Å²) < 4.78 is 0. The van der Waals surface area contributed by atoms with Crippen LogP contribution in [-0.2, 0) is 6.42 Å². The van der Waals surface area contributed by atoms with E-state index in [2.05, 4.69) is 33.1 Å². The van der Waals surface area contributed by atoms with Gasteiger partial charge in [0.2, 0.25) is 0 Å². The first-order chi connectivity index (χ1) is 5.76. The van der Waals surface area contributed by atoms with Gasteiger partial charge in [-0.1, -0.05) is 29.3 Å². The van der Waals surface area contributed by atoms with Crippen LogP contribution in [0, 0.1) is 12.8 Å².